The summed E-state index contributed by atoms with van der Waals surface area (Å²) in [5, 5.41) is 8.00. The number of aromatic nitrogens is 1. The summed E-state index contributed by atoms with van der Waals surface area (Å²) in [5.41, 5.74) is 4.41. The molecule has 0 aliphatic carbocycles. The van der Waals surface area contributed by atoms with Crippen molar-refractivity contribution >= 4 is 39.1 Å². The lowest BCUT2D eigenvalue weighted by Crippen LogP contribution is -2.22. The van der Waals surface area contributed by atoms with Crippen molar-refractivity contribution in [1.82, 2.24) is 10.3 Å². The van der Waals surface area contributed by atoms with Gasteiger partial charge in [0.25, 0.3) is 5.91 Å². The standard InChI is InChI=1S/C26H20N4O3S2/c27-35(32,33)19-11-8-17(9-12-19)16-29-26(31)18-10-13-24-22(15-18)30-25(21-6-3-4-14-28-21)20-5-1-2-7-23(20)34-24/h1-15H,16H2,(H,29,31)(H2,27,32,33). The zero-order valence-electron chi connectivity index (χ0n) is 18.4. The maximum absolute atomic E-state index is 12.9. The van der Waals surface area contributed by atoms with Gasteiger partial charge in [0.05, 0.1) is 22.0 Å². The molecule has 1 aromatic heterocycles. The highest BCUT2D eigenvalue weighted by Gasteiger charge is 2.20. The highest BCUT2D eigenvalue weighted by atomic mass is 32.2. The molecule has 3 aromatic carbocycles. The van der Waals surface area contributed by atoms with Crippen molar-refractivity contribution < 1.29 is 13.2 Å². The van der Waals surface area contributed by atoms with Crippen LogP contribution in [0.1, 0.15) is 27.2 Å². The molecule has 0 atom stereocenters. The monoisotopic (exact) mass is 500 g/mol. The van der Waals surface area contributed by atoms with E-state index < -0.39 is 10.0 Å². The van der Waals surface area contributed by atoms with Gasteiger partial charge in [-0.3, -0.25) is 9.78 Å². The maximum atomic E-state index is 12.9. The van der Waals surface area contributed by atoms with Crippen LogP contribution in [0.4, 0.5) is 5.69 Å². The minimum atomic E-state index is -3.76. The number of carbonyl (C=O) groups excluding carboxylic acids is 1. The molecule has 1 aliphatic rings. The topological polar surface area (TPSA) is 115 Å². The lowest BCUT2D eigenvalue weighted by molar-refractivity contribution is 0.0951. The van der Waals surface area contributed by atoms with Crippen LogP contribution in [0.5, 0.6) is 0 Å². The number of nitrogens with two attached hydrogens (primary N) is 1. The fraction of sp³-hybridized carbons (Fsp3) is 0.0385. The van der Waals surface area contributed by atoms with E-state index in [-0.39, 0.29) is 17.3 Å². The first-order valence-electron chi connectivity index (χ1n) is 10.7. The lowest BCUT2D eigenvalue weighted by Gasteiger charge is -2.09. The molecule has 0 fully saturated rings. The number of amides is 1. The number of carbonyl (C=O) groups is 1. The summed E-state index contributed by atoms with van der Waals surface area (Å²) in [4.78, 5) is 24.3. The Morgan fingerprint density at radius 2 is 1.69 bits per heavy atom. The van der Waals surface area contributed by atoms with Gasteiger partial charge >= 0.3 is 0 Å². The van der Waals surface area contributed by atoms with Gasteiger partial charge in [0.2, 0.25) is 10.0 Å². The number of sulfonamides is 1. The second-order valence-corrected chi connectivity index (χ2v) is 10.5. The van der Waals surface area contributed by atoms with Crippen LogP contribution in [0.2, 0.25) is 0 Å². The number of rotatable bonds is 5. The molecule has 174 valence electrons. The van der Waals surface area contributed by atoms with Crippen molar-refractivity contribution in [3.8, 4) is 0 Å². The molecule has 2 heterocycles. The molecule has 5 rings (SSSR count). The quantitative estimate of drug-likeness (QED) is 0.374. The van der Waals surface area contributed by atoms with Crippen molar-refractivity contribution in [1.29, 1.82) is 0 Å². The molecule has 0 saturated carbocycles. The first-order valence-corrected chi connectivity index (χ1v) is 13.1. The number of aliphatic imine (C=N–C) groups is 1. The number of nitrogens with zero attached hydrogens (tertiary/aromatic N) is 2. The molecule has 9 heteroatoms. The van der Waals surface area contributed by atoms with Gasteiger partial charge in [-0.2, -0.15) is 0 Å². The Bertz CT molecular complexity index is 1550. The summed E-state index contributed by atoms with van der Waals surface area (Å²) < 4.78 is 22.8. The van der Waals surface area contributed by atoms with E-state index in [2.05, 4.69) is 16.4 Å². The van der Waals surface area contributed by atoms with Crippen molar-refractivity contribution in [3.05, 3.63) is 114 Å². The van der Waals surface area contributed by atoms with Gasteiger partial charge in [0, 0.05) is 33.7 Å². The summed E-state index contributed by atoms with van der Waals surface area (Å²) in [7, 11) is -3.76. The number of primary sulfonamides is 1. The van der Waals surface area contributed by atoms with E-state index in [1.54, 1.807) is 42.2 Å². The van der Waals surface area contributed by atoms with Crippen LogP contribution in [-0.4, -0.2) is 25.0 Å². The number of benzene rings is 3. The second-order valence-electron chi connectivity index (χ2n) is 7.83. The van der Waals surface area contributed by atoms with Crippen LogP contribution < -0.4 is 10.5 Å². The van der Waals surface area contributed by atoms with E-state index in [0.29, 0.717) is 11.3 Å². The Morgan fingerprint density at radius 3 is 2.43 bits per heavy atom. The van der Waals surface area contributed by atoms with E-state index in [1.165, 1.54) is 12.1 Å². The average Bonchev–Trinajstić information content (AvgIpc) is 3.04. The van der Waals surface area contributed by atoms with Gasteiger partial charge in [-0.15, -0.1) is 0 Å². The molecule has 0 bridgehead atoms. The van der Waals surface area contributed by atoms with Gasteiger partial charge in [0.1, 0.15) is 0 Å². The Labute approximate surface area is 207 Å². The van der Waals surface area contributed by atoms with Crippen LogP contribution in [0.25, 0.3) is 0 Å². The van der Waals surface area contributed by atoms with Crippen molar-refractivity contribution in [2.45, 2.75) is 21.2 Å². The average molecular weight is 501 g/mol. The van der Waals surface area contributed by atoms with E-state index in [9.17, 15) is 13.2 Å². The number of hydrogen-bond donors (Lipinski definition) is 2. The van der Waals surface area contributed by atoms with Crippen molar-refractivity contribution in [2.75, 3.05) is 0 Å². The number of fused-ring (bicyclic) bond motifs is 2. The molecular weight excluding hydrogens is 480 g/mol. The predicted octanol–water partition coefficient (Wildman–Crippen LogP) is 4.29. The first kappa shape index (κ1) is 23.0. The third-order valence-corrected chi connectivity index (χ3v) is 7.50. The molecule has 0 unspecified atom stereocenters. The number of pyridine rings is 1. The summed E-state index contributed by atoms with van der Waals surface area (Å²) in [6.45, 7) is 0.240. The first-order chi connectivity index (χ1) is 16.9. The minimum Gasteiger partial charge on any atom is -0.348 e. The van der Waals surface area contributed by atoms with E-state index in [1.807, 2.05) is 42.5 Å². The molecule has 35 heavy (non-hydrogen) atoms. The molecule has 1 aliphatic heterocycles. The van der Waals surface area contributed by atoms with Gasteiger partial charge in [0.15, 0.2) is 0 Å². The van der Waals surface area contributed by atoms with Crippen LogP contribution in [-0.2, 0) is 16.6 Å². The largest absolute Gasteiger partial charge is 0.348 e. The highest BCUT2D eigenvalue weighted by molar-refractivity contribution is 7.99. The van der Waals surface area contributed by atoms with Gasteiger partial charge in [-0.25, -0.2) is 18.5 Å². The molecule has 0 saturated heterocycles. The zero-order valence-corrected chi connectivity index (χ0v) is 20.0. The Balaban J connectivity index is 1.42. The fourth-order valence-electron chi connectivity index (χ4n) is 3.66. The minimum absolute atomic E-state index is 0.0263. The second kappa shape index (κ2) is 9.46. The van der Waals surface area contributed by atoms with Crippen LogP contribution in [0, 0.1) is 0 Å². The van der Waals surface area contributed by atoms with Crippen LogP contribution >= 0.6 is 11.8 Å². The normalized spacial score (nSPS) is 12.7. The predicted molar refractivity (Wildman–Crippen MR) is 136 cm³/mol. The highest BCUT2D eigenvalue weighted by Crippen LogP contribution is 2.41. The SMILES string of the molecule is NS(=O)(=O)c1ccc(CNC(=O)c2ccc3c(c2)N=C(c2ccccn2)c2ccccc2S3)cc1. The van der Waals surface area contributed by atoms with Gasteiger partial charge in [-0.1, -0.05) is 48.2 Å². The van der Waals surface area contributed by atoms with E-state index >= 15 is 0 Å². The summed E-state index contributed by atoms with van der Waals surface area (Å²) in [5.74, 6) is -0.260. The molecule has 7 nitrogen and oxygen atoms in total. The number of nitrogens with one attached hydrogen (secondary N) is 1. The lowest BCUT2D eigenvalue weighted by atomic mass is 10.1. The molecule has 1 amide bonds. The number of hydrogen-bond acceptors (Lipinski definition) is 6. The molecule has 4 aromatic rings. The summed E-state index contributed by atoms with van der Waals surface area (Å²) >= 11 is 1.60. The zero-order chi connectivity index (χ0) is 24.4. The van der Waals surface area contributed by atoms with Gasteiger partial charge < -0.3 is 5.32 Å². The smallest absolute Gasteiger partial charge is 0.251 e. The third kappa shape index (κ3) is 5.02. The summed E-state index contributed by atoms with van der Waals surface area (Å²) in [6.07, 6.45) is 1.73. The summed E-state index contributed by atoms with van der Waals surface area (Å²) in [6, 6.07) is 25.3. The molecule has 3 N–H and O–H groups in total. The van der Waals surface area contributed by atoms with Crippen LogP contribution in [0.3, 0.4) is 0 Å². The Kier molecular flexibility index (Phi) is 6.21. The Hall–Kier alpha value is -3.79. The third-order valence-electron chi connectivity index (χ3n) is 5.43. The Morgan fingerprint density at radius 1 is 0.914 bits per heavy atom. The van der Waals surface area contributed by atoms with Gasteiger partial charge in [-0.05, 0) is 54.1 Å². The van der Waals surface area contributed by atoms with Crippen molar-refractivity contribution in [3.63, 3.8) is 0 Å². The molecule has 0 spiro atoms. The van der Waals surface area contributed by atoms with E-state index in [0.717, 1.165) is 32.3 Å². The van der Waals surface area contributed by atoms with Crippen LogP contribution in [0.15, 0.2) is 111 Å². The molecule has 0 radical (unpaired) electrons. The maximum Gasteiger partial charge on any atom is 0.251 e. The van der Waals surface area contributed by atoms with Crippen molar-refractivity contribution in [2.24, 2.45) is 10.1 Å². The fourth-order valence-corrected chi connectivity index (χ4v) is 5.18. The molecular formula is C26H20N4O3S2. The van der Waals surface area contributed by atoms with E-state index in [4.69, 9.17) is 10.1 Å².